The lowest BCUT2D eigenvalue weighted by molar-refractivity contribution is -0.155. The fraction of sp³-hybridized carbons (Fsp3) is 0.375. The number of urea groups is 1. The summed E-state index contributed by atoms with van der Waals surface area (Å²) < 4.78 is 5.15. The van der Waals surface area contributed by atoms with Crippen LogP contribution in [-0.2, 0) is 20.9 Å². The Labute approximate surface area is 187 Å². The van der Waals surface area contributed by atoms with Crippen LogP contribution in [0.2, 0.25) is 0 Å². The van der Waals surface area contributed by atoms with Gasteiger partial charge in [-0.25, -0.2) is 9.59 Å². The quantitative estimate of drug-likeness (QED) is 0.461. The third-order valence-electron chi connectivity index (χ3n) is 4.64. The first-order valence-corrected chi connectivity index (χ1v) is 10.5. The first kappa shape index (κ1) is 24.9. The number of benzene rings is 2. The molecule has 2 aromatic carbocycles. The first-order valence-electron chi connectivity index (χ1n) is 10.5. The molecule has 0 heterocycles. The molecule has 8 heteroatoms. The predicted octanol–water partition coefficient (Wildman–Crippen LogP) is 2.97. The number of carbonyl (C=O) groups is 3. The highest BCUT2D eigenvalue weighted by atomic mass is 16.5. The van der Waals surface area contributed by atoms with Crippen LogP contribution >= 0.6 is 0 Å². The lowest BCUT2D eigenvalue weighted by Crippen LogP contribution is -2.48. The van der Waals surface area contributed by atoms with Gasteiger partial charge in [0.25, 0.3) is 0 Å². The van der Waals surface area contributed by atoms with Crippen molar-refractivity contribution in [2.75, 3.05) is 13.1 Å². The van der Waals surface area contributed by atoms with Gasteiger partial charge in [-0.05, 0) is 17.0 Å². The van der Waals surface area contributed by atoms with E-state index in [0.717, 1.165) is 5.56 Å². The van der Waals surface area contributed by atoms with Crippen LogP contribution in [0.1, 0.15) is 37.4 Å². The molecule has 2 aromatic rings. The summed E-state index contributed by atoms with van der Waals surface area (Å²) in [7, 11) is 0. The highest BCUT2D eigenvalue weighted by Gasteiger charge is 2.27. The molecule has 0 aliphatic rings. The normalized spacial score (nSPS) is 12.6. The SMILES string of the molecule is CC(C)CN(CC(O)C(=O)OCc1ccccc1)C(=O)NC(CC(=O)O)c1ccccc1. The number of rotatable bonds is 11. The maximum Gasteiger partial charge on any atom is 0.337 e. The number of carbonyl (C=O) groups excluding carboxylic acids is 2. The van der Waals surface area contributed by atoms with Crippen molar-refractivity contribution in [3.8, 4) is 0 Å². The fourth-order valence-corrected chi connectivity index (χ4v) is 3.14. The Morgan fingerprint density at radius 3 is 2.12 bits per heavy atom. The van der Waals surface area contributed by atoms with Crippen molar-refractivity contribution in [2.45, 2.75) is 39.0 Å². The van der Waals surface area contributed by atoms with Crippen LogP contribution in [0.15, 0.2) is 60.7 Å². The summed E-state index contributed by atoms with van der Waals surface area (Å²) in [6.07, 6.45) is -1.83. The fourth-order valence-electron chi connectivity index (χ4n) is 3.14. The second-order valence-electron chi connectivity index (χ2n) is 7.92. The first-order chi connectivity index (χ1) is 15.3. The summed E-state index contributed by atoms with van der Waals surface area (Å²) in [5, 5.41) is 22.3. The molecule has 0 aromatic heterocycles. The van der Waals surface area contributed by atoms with Crippen molar-refractivity contribution in [1.29, 1.82) is 0 Å². The minimum atomic E-state index is -1.53. The smallest absolute Gasteiger partial charge is 0.337 e. The molecule has 0 aliphatic heterocycles. The van der Waals surface area contributed by atoms with E-state index >= 15 is 0 Å². The van der Waals surface area contributed by atoms with Gasteiger partial charge < -0.3 is 25.2 Å². The van der Waals surface area contributed by atoms with E-state index in [9.17, 15) is 24.6 Å². The van der Waals surface area contributed by atoms with E-state index in [0.29, 0.717) is 5.56 Å². The van der Waals surface area contributed by atoms with Crippen molar-refractivity contribution >= 4 is 18.0 Å². The van der Waals surface area contributed by atoms with Crippen molar-refractivity contribution in [3.63, 3.8) is 0 Å². The van der Waals surface area contributed by atoms with E-state index in [1.54, 1.807) is 42.5 Å². The molecule has 0 saturated carbocycles. The molecule has 0 aliphatic carbocycles. The van der Waals surface area contributed by atoms with Gasteiger partial charge in [-0.15, -0.1) is 0 Å². The summed E-state index contributed by atoms with van der Waals surface area (Å²) >= 11 is 0. The van der Waals surface area contributed by atoms with Crippen LogP contribution in [0.4, 0.5) is 4.79 Å². The minimum absolute atomic E-state index is 0.0157. The monoisotopic (exact) mass is 442 g/mol. The Morgan fingerprint density at radius 1 is 0.969 bits per heavy atom. The number of carboxylic acid groups (broad SMARTS) is 1. The van der Waals surface area contributed by atoms with Crippen molar-refractivity contribution in [2.24, 2.45) is 5.92 Å². The third kappa shape index (κ3) is 8.39. The predicted molar refractivity (Wildman–Crippen MR) is 119 cm³/mol. The van der Waals surface area contributed by atoms with Crippen molar-refractivity contribution in [1.82, 2.24) is 10.2 Å². The number of aliphatic carboxylic acids is 1. The van der Waals surface area contributed by atoms with Gasteiger partial charge in [0.1, 0.15) is 6.61 Å². The van der Waals surface area contributed by atoms with Crippen LogP contribution < -0.4 is 5.32 Å². The number of hydrogen-bond acceptors (Lipinski definition) is 5. The number of esters is 1. The van der Waals surface area contributed by atoms with E-state index in [-0.39, 0.29) is 32.0 Å². The van der Waals surface area contributed by atoms with E-state index in [2.05, 4.69) is 5.32 Å². The molecule has 0 saturated heterocycles. The van der Waals surface area contributed by atoms with Crippen LogP contribution in [0, 0.1) is 5.92 Å². The number of carboxylic acids is 1. The lowest BCUT2D eigenvalue weighted by Gasteiger charge is -2.29. The molecule has 0 radical (unpaired) electrons. The second kappa shape index (κ2) is 12.5. The molecule has 2 rings (SSSR count). The Balaban J connectivity index is 2.03. The molecule has 8 nitrogen and oxygen atoms in total. The van der Waals surface area contributed by atoms with Gasteiger partial charge in [-0.3, -0.25) is 4.79 Å². The van der Waals surface area contributed by atoms with Crippen molar-refractivity contribution < 1.29 is 29.3 Å². The van der Waals surface area contributed by atoms with E-state index < -0.39 is 30.1 Å². The maximum atomic E-state index is 12.9. The number of aliphatic hydroxyl groups is 1. The van der Waals surface area contributed by atoms with Crippen LogP contribution in [-0.4, -0.2) is 52.3 Å². The molecule has 0 bridgehead atoms. The summed E-state index contributed by atoms with van der Waals surface area (Å²) in [5.74, 6) is -1.83. The van der Waals surface area contributed by atoms with Gasteiger partial charge in [0, 0.05) is 6.54 Å². The average molecular weight is 443 g/mol. The molecule has 2 unspecified atom stereocenters. The summed E-state index contributed by atoms with van der Waals surface area (Å²) in [4.78, 5) is 37.8. The van der Waals surface area contributed by atoms with Gasteiger partial charge in [-0.2, -0.15) is 0 Å². The number of amides is 2. The Bertz CT molecular complexity index is 873. The zero-order chi connectivity index (χ0) is 23.5. The Kier molecular flexibility index (Phi) is 9.69. The molecule has 3 N–H and O–H groups in total. The third-order valence-corrected chi connectivity index (χ3v) is 4.64. The minimum Gasteiger partial charge on any atom is -0.481 e. The van der Waals surface area contributed by atoms with E-state index in [4.69, 9.17) is 4.74 Å². The van der Waals surface area contributed by atoms with Crippen LogP contribution in [0.5, 0.6) is 0 Å². The highest BCUT2D eigenvalue weighted by Crippen LogP contribution is 2.17. The largest absolute Gasteiger partial charge is 0.481 e. The standard InChI is InChI=1S/C24H30N2O6/c1-17(2)14-26(15-21(27)23(30)32-16-18-9-5-3-6-10-18)24(31)25-20(13-22(28)29)19-11-7-4-8-12-19/h3-12,17,20-21,27H,13-16H2,1-2H3,(H,25,31)(H,28,29). The molecular formula is C24H30N2O6. The van der Waals surface area contributed by atoms with Crippen molar-refractivity contribution in [3.05, 3.63) is 71.8 Å². The second-order valence-corrected chi connectivity index (χ2v) is 7.92. The number of ether oxygens (including phenoxy) is 1. The van der Waals surface area contributed by atoms with Gasteiger partial charge in [0.15, 0.2) is 6.10 Å². The zero-order valence-corrected chi connectivity index (χ0v) is 18.3. The van der Waals surface area contributed by atoms with E-state index in [1.165, 1.54) is 4.90 Å². The van der Waals surface area contributed by atoms with Gasteiger partial charge in [0.2, 0.25) is 0 Å². The Hall–Kier alpha value is -3.39. The van der Waals surface area contributed by atoms with Gasteiger partial charge in [0.05, 0.1) is 19.0 Å². The maximum absolute atomic E-state index is 12.9. The summed E-state index contributed by atoms with van der Waals surface area (Å²) in [6.45, 7) is 3.80. The zero-order valence-electron chi connectivity index (χ0n) is 18.3. The van der Waals surface area contributed by atoms with Crippen LogP contribution in [0.25, 0.3) is 0 Å². The van der Waals surface area contributed by atoms with Gasteiger partial charge in [-0.1, -0.05) is 74.5 Å². The Morgan fingerprint density at radius 2 is 1.56 bits per heavy atom. The average Bonchev–Trinajstić information content (AvgIpc) is 2.77. The number of hydrogen-bond donors (Lipinski definition) is 3. The number of nitrogens with zero attached hydrogens (tertiary/aromatic N) is 1. The number of nitrogens with one attached hydrogen (secondary N) is 1. The number of aliphatic hydroxyl groups excluding tert-OH is 1. The lowest BCUT2D eigenvalue weighted by atomic mass is 10.0. The van der Waals surface area contributed by atoms with E-state index in [1.807, 2.05) is 32.0 Å². The highest BCUT2D eigenvalue weighted by molar-refractivity contribution is 5.79. The topological polar surface area (TPSA) is 116 Å². The van der Waals surface area contributed by atoms with Crippen LogP contribution in [0.3, 0.4) is 0 Å². The summed E-state index contributed by atoms with van der Waals surface area (Å²) in [6, 6.07) is 16.5. The molecular weight excluding hydrogens is 412 g/mol. The molecule has 0 fully saturated rings. The molecule has 0 spiro atoms. The molecule has 32 heavy (non-hydrogen) atoms. The molecule has 2 atom stereocenters. The van der Waals surface area contributed by atoms with Gasteiger partial charge >= 0.3 is 18.0 Å². The summed E-state index contributed by atoms with van der Waals surface area (Å²) in [5.41, 5.74) is 1.43. The molecule has 172 valence electrons. The molecule has 2 amide bonds.